The van der Waals surface area contributed by atoms with E-state index in [1.807, 2.05) is 0 Å². The van der Waals surface area contributed by atoms with E-state index >= 15 is 0 Å². The van der Waals surface area contributed by atoms with Gasteiger partial charge < -0.3 is 14.8 Å². The molecule has 0 saturated heterocycles. The number of ether oxygens (including phenoxy) is 2. The molecule has 148 valence electrons. The van der Waals surface area contributed by atoms with E-state index < -0.39 is 35.9 Å². The van der Waals surface area contributed by atoms with Crippen LogP contribution in [0.4, 0.5) is 9.18 Å². The first-order valence-electron chi connectivity index (χ1n) is 8.98. The number of esters is 1. The zero-order valence-electron chi connectivity index (χ0n) is 15.5. The van der Waals surface area contributed by atoms with Crippen LogP contribution in [0.5, 0.6) is 5.75 Å². The molecule has 1 aromatic rings. The van der Waals surface area contributed by atoms with Crippen LogP contribution in [0.1, 0.15) is 46.0 Å². The van der Waals surface area contributed by atoms with Crippen molar-refractivity contribution in [3.05, 3.63) is 30.1 Å². The Morgan fingerprint density at radius 1 is 1.11 bits per heavy atom. The van der Waals surface area contributed by atoms with Gasteiger partial charge in [0.1, 0.15) is 11.6 Å². The van der Waals surface area contributed by atoms with Gasteiger partial charge in [0.2, 0.25) is 0 Å². The fraction of sp³-hybridized carbons (Fsp3) is 0.526. The van der Waals surface area contributed by atoms with Gasteiger partial charge >= 0.3 is 12.0 Å². The highest BCUT2D eigenvalue weighted by atomic mass is 19.1. The number of benzene rings is 1. The van der Waals surface area contributed by atoms with Gasteiger partial charge in [-0.2, -0.15) is 0 Å². The van der Waals surface area contributed by atoms with Crippen LogP contribution < -0.4 is 15.4 Å². The SMILES string of the molecule is CC(C)(Oc1ccc(F)cc1)C(=O)OCC(=O)NC(=O)NC1CCCCC1. The number of nitrogens with one attached hydrogen (secondary N) is 2. The van der Waals surface area contributed by atoms with Crippen LogP contribution in [0.3, 0.4) is 0 Å². The van der Waals surface area contributed by atoms with Crippen molar-refractivity contribution in [3.63, 3.8) is 0 Å². The molecule has 0 spiro atoms. The summed E-state index contributed by atoms with van der Waals surface area (Å²) in [5.74, 6) is -1.65. The predicted molar refractivity (Wildman–Crippen MR) is 95.6 cm³/mol. The molecule has 1 aliphatic rings. The van der Waals surface area contributed by atoms with Crippen LogP contribution in [-0.4, -0.2) is 36.2 Å². The molecular weight excluding hydrogens is 355 g/mol. The summed E-state index contributed by atoms with van der Waals surface area (Å²) in [6.45, 7) is 2.33. The first-order valence-corrected chi connectivity index (χ1v) is 8.98. The van der Waals surface area contributed by atoms with Gasteiger partial charge in [-0.3, -0.25) is 10.1 Å². The number of rotatable bonds is 6. The number of halogens is 1. The number of urea groups is 1. The zero-order chi connectivity index (χ0) is 19.9. The van der Waals surface area contributed by atoms with Crippen molar-refractivity contribution in [3.8, 4) is 5.75 Å². The smallest absolute Gasteiger partial charge is 0.350 e. The van der Waals surface area contributed by atoms with E-state index in [9.17, 15) is 18.8 Å². The van der Waals surface area contributed by atoms with Crippen molar-refractivity contribution in [2.24, 2.45) is 0 Å². The summed E-state index contributed by atoms with van der Waals surface area (Å²) in [5.41, 5.74) is -1.39. The molecule has 27 heavy (non-hydrogen) atoms. The molecule has 0 bridgehead atoms. The fourth-order valence-electron chi connectivity index (χ4n) is 2.77. The Hall–Kier alpha value is -2.64. The third-order valence-electron chi connectivity index (χ3n) is 4.21. The third kappa shape index (κ3) is 6.88. The molecule has 0 unspecified atom stereocenters. The molecule has 0 radical (unpaired) electrons. The monoisotopic (exact) mass is 380 g/mol. The van der Waals surface area contributed by atoms with Gasteiger partial charge in [-0.25, -0.2) is 14.0 Å². The first kappa shape index (κ1) is 20.7. The maximum Gasteiger partial charge on any atom is 0.350 e. The minimum Gasteiger partial charge on any atom is -0.476 e. The number of imide groups is 1. The number of hydrogen-bond donors (Lipinski definition) is 2. The molecule has 0 aliphatic heterocycles. The zero-order valence-corrected chi connectivity index (χ0v) is 15.5. The Bertz CT molecular complexity index is 669. The van der Waals surface area contributed by atoms with Crippen molar-refractivity contribution in [1.29, 1.82) is 0 Å². The average molecular weight is 380 g/mol. The summed E-state index contributed by atoms with van der Waals surface area (Å²) in [5, 5.41) is 4.88. The Morgan fingerprint density at radius 2 is 1.74 bits per heavy atom. The standard InChI is InChI=1S/C19H25FN2O5/c1-19(2,27-15-10-8-13(20)9-11-15)17(24)26-12-16(23)22-18(25)21-14-6-4-3-5-7-14/h8-11,14H,3-7,12H2,1-2H3,(H2,21,22,23,25). The summed E-state index contributed by atoms with van der Waals surface area (Å²) in [6, 6.07) is 4.64. The van der Waals surface area contributed by atoms with E-state index in [-0.39, 0.29) is 11.8 Å². The van der Waals surface area contributed by atoms with Crippen molar-refractivity contribution < 1.29 is 28.2 Å². The lowest BCUT2D eigenvalue weighted by Gasteiger charge is -2.24. The molecule has 3 amide bonds. The molecule has 1 aromatic carbocycles. The summed E-state index contributed by atoms with van der Waals surface area (Å²) in [7, 11) is 0. The topological polar surface area (TPSA) is 93.7 Å². The van der Waals surface area contributed by atoms with Gasteiger partial charge in [0, 0.05) is 6.04 Å². The number of hydrogen-bond acceptors (Lipinski definition) is 5. The molecular formula is C19H25FN2O5. The lowest BCUT2D eigenvalue weighted by Crippen LogP contribution is -2.47. The van der Waals surface area contributed by atoms with Crippen LogP contribution in [0.2, 0.25) is 0 Å². The second-order valence-electron chi connectivity index (χ2n) is 7.00. The van der Waals surface area contributed by atoms with Crippen molar-refractivity contribution in [2.45, 2.75) is 57.6 Å². The summed E-state index contributed by atoms with van der Waals surface area (Å²) in [4.78, 5) is 35.7. The van der Waals surface area contributed by atoms with E-state index in [0.29, 0.717) is 0 Å². The van der Waals surface area contributed by atoms with Crippen LogP contribution in [0, 0.1) is 5.82 Å². The Kier molecular flexibility index (Phi) is 7.15. The molecule has 8 heteroatoms. The highest BCUT2D eigenvalue weighted by Gasteiger charge is 2.32. The fourth-order valence-corrected chi connectivity index (χ4v) is 2.77. The van der Waals surface area contributed by atoms with E-state index in [4.69, 9.17) is 9.47 Å². The molecule has 0 heterocycles. The quantitative estimate of drug-likeness (QED) is 0.740. The molecule has 7 nitrogen and oxygen atoms in total. The first-order chi connectivity index (χ1) is 12.8. The van der Waals surface area contributed by atoms with Gasteiger partial charge in [-0.15, -0.1) is 0 Å². The lowest BCUT2D eigenvalue weighted by atomic mass is 9.96. The molecule has 1 fully saturated rings. The van der Waals surface area contributed by atoms with E-state index in [0.717, 1.165) is 32.1 Å². The summed E-state index contributed by atoms with van der Waals surface area (Å²) in [6.07, 6.45) is 5.06. The summed E-state index contributed by atoms with van der Waals surface area (Å²) < 4.78 is 23.3. The molecule has 0 atom stereocenters. The highest BCUT2D eigenvalue weighted by Crippen LogP contribution is 2.20. The second kappa shape index (κ2) is 9.34. The maximum absolute atomic E-state index is 12.9. The third-order valence-corrected chi connectivity index (χ3v) is 4.21. The Labute approximate surface area is 157 Å². The van der Waals surface area contributed by atoms with Crippen LogP contribution in [-0.2, 0) is 14.3 Å². The molecule has 2 N–H and O–H groups in total. The largest absolute Gasteiger partial charge is 0.476 e. The number of amides is 3. The minimum absolute atomic E-state index is 0.0668. The van der Waals surface area contributed by atoms with Gasteiger partial charge in [0.25, 0.3) is 5.91 Å². The van der Waals surface area contributed by atoms with Gasteiger partial charge in [-0.05, 0) is 51.0 Å². The van der Waals surface area contributed by atoms with Crippen LogP contribution >= 0.6 is 0 Å². The van der Waals surface area contributed by atoms with Crippen molar-refractivity contribution >= 4 is 17.9 Å². The van der Waals surface area contributed by atoms with Crippen molar-refractivity contribution in [2.75, 3.05) is 6.61 Å². The summed E-state index contributed by atoms with van der Waals surface area (Å²) >= 11 is 0. The normalized spacial score (nSPS) is 14.9. The van der Waals surface area contributed by atoms with Gasteiger partial charge in [0.15, 0.2) is 12.2 Å². The molecule has 2 rings (SSSR count). The minimum atomic E-state index is -1.39. The highest BCUT2D eigenvalue weighted by molar-refractivity contribution is 5.96. The Balaban J connectivity index is 1.74. The second-order valence-corrected chi connectivity index (χ2v) is 7.00. The van der Waals surface area contributed by atoms with Crippen LogP contribution in [0.15, 0.2) is 24.3 Å². The number of carbonyl (C=O) groups excluding carboxylic acids is 3. The average Bonchev–Trinajstić information content (AvgIpc) is 2.62. The van der Waals surface area contributed by atoms with Gasteiger partial charge in [-0.1, -0.05) is 19.3 Å². The maximum atomic E-state index is 12.9. The van der Waals surface area contributed by atoms with E-state index in [1.165, 1.54) is 38.1 Å². The molecule has 0 aromatic heterocycles. The molecule has 1 aliphatic carbocycles. The Morgan fingerprint density at radius 3 is 2.37 bits per heavy atom. The van der Waals surface area contributed by atoms with Crippen LogP contribution in [0.25, 0.3) is 0 Å². The lowest BCUT2D eigenvalue weighted by molar-refractivity contribution is -0.161. The van der Waals surface area contributed by atoms with Crippen molar-refractivity contribution in [1.82, 2.24) is 10.6 Å². The number of carbonyl (C=O) groups is 3. The predicted octanol–water partition coefficient (Wildman–Crippen LogP) is 2.68. The van der Waals surface area contributed by atoms with Gasteiger partial charge in [0.05, 0.1) is 0 Å². The van der Waals surface area contributed by atoms with E-state index in [2.05, 4.69) is 10.6 Å². The molecule has 1 saturated carbocycles. The van der Waals surface area contributed by atoms with E-state index in [1.54, 1.807) is 0 Å².